The monoisotopic (exact) mass is 288 g/mol. The first kappa shape index (κ1) is 15.7. The topological polar surface area (TPSA) is 99.1 Å². The van der Waals surface area contributed by atoms with Gasteiger partial charge in [-0.05, 0) is 17.7 Å². The Hall–Kier alpha value is -1.40. The van der Waals surface area contributed by atoms with Gasteiger partial charge in [0.05, 0.1) is 13.8 Å². The van der Waals surface area contributed by atoms with Crippen LogP contribution in [0.25, 0.3) is 0 Å². The number of benzene rings is 1. The number of carbonyl (C=O) groups excluding carboxylic acids is 1. The summed E-state index contributed by atoms with van der Waals surface area (Å²) in [6.07, 6.45) is 0.204. The summed E-state index contributed by atoms with van der Waals surface area (Å²) in [7, 11) is -1.97. The minimum Gasteiger partial charge on any atom is -0.497 e. The number of rotatable bonds is 7. The predicted octanol–water partition coefficient (Wildman–Crippen LogP) is 0.989. The Kier molecular flexibility index (Phi) is 5.50. The van der Waals surface area contributed by atoms with Crippen molar-refractivity contribution in [2.45, 2.75) is 5.78 Å². The summed E-state index contributed by atoms with van der Waals surface area (Å²) in [5.74, 6) is -0.254. The van der Waals surface area contributed by atoms with Gasteiger partial charge in [0.2, 0.25) is 13.8 Å². The standard InChI is InChI=1S/C11H17N2O5P/c1-18-10-5-3-9(4-6-10)11(19(2,16)17)12-7-13(15)8-14/h3-6,8,11-12,15H,7H2,1-2H3,(H,16,17). The molecule has 1 aromatic carbocycles. The third-order valence-electron chi connectivity index (χ3n) is 2.48. The summed E-state index contributed by atoms with van der Waals surface area (Å²) < 4.78 is 16.8. The normalized spacial score (nSPS) is 15.4. The van der Waals surface area contributed by atoms with Gasteiger partial charge in [0.1, 0.15) is 11.5 Å². The van der Waals surface area contributed by atoms with Gasteiger partial charge in [-0.1, -0.05) is 12.1 Å². The van der Waals surface area contributed by atoms with E-state index < -0.39 is 13.2 Å². The van der Waals surface area contributed by atoms with E-state index in [0.29, 0.717) is 16.4 Å². The molecule has 2 atom stereocenters. The van der Waals surface area contributed by atoms with Crippen LogP contribution in [0.1, 0.15) is 11.3 Å². The Balaban J connectivity index is 2.90. The highest BCUT2D eigenvalue weighted by Gasteiger charge is 2.27. The molecule has 0 heterocycles. The minimum absolute atomic E-state index is 0.204. The van der Waals surface area contributed by atoms with E-state index in [2.05, 4.69) is 5.32 Å². The molecule has 0 spiro atoms. The number of methoxy groups -OCH3 is 1. The number of hydroxylamine groups is 2. The minimum atomic E-state index is -3.49. The fourth-order valence-corrected chi connectivity index (χ4v) is 2.71. The van der Waals surface area contributed by atoms with Crippen LogP contribution in [-0.4, -0.2) is 42.0 Å². The molecule has 0 fully saturated rings. The lowest BCUT2D eigenvalue weighted by molar-refractivity contribution is -0.151. The Labute approximate surface area is 111 Å². The van der Waals surface area contributed by atoms with E-state index in [1.807, 2.05) is 0 Å². The summed E-state index contributed by atoms with van der Waals surface area (Å²) in [5.41, 5.74) is 0.563. The van der Waals surface area contributed by atoms with Crippen LogP contribution in [0, 0.1) is 0 Å². The first-order valence-corrected chi connectivity index (χ1v) is 7.64. The second kappa shape index (κ2) is 6.68. The summed E-state index contributed by atoms with van der Waals surface area (Å²) in [4.78, 5) is 20.0. The molecule has 1 aromatic rings. The third-order valence-corrected chi connectivity index (χ3v) is 3.92. The molecule has 3 N–H and O–H groups in total. The maximum absolute atomic E-state index is 11.8. The molecular formula is C11H17N2O5P. The van der Waals surface area contributed by atoms with Gasteiger partial charge in [0, 0.05) is 6.66 Å². The van der Waals surface area contributed by atoms with Crippen molar-refractivity contribution in [1.82, 2.24) is 10.4 Å². The largest absolute Gasteiger partial charge is 0.497 e. The number of carbonyl (C=O) groups is 1. The number of hydrogen-bond donors (Lipinski definition) is 3. The highest BCUT2D eigenvalue weighted by Crippen LogP contribution is 2.50. The predicted molar refractivity (Wildman–Crippen MR) is 69.2 cm³/mol. The molecular weight excluding hydrogens is 271 g/mol. The van der Waals surface area contributed by atoms with Crippen LogP contribution in [-0.2, 0) is 9.36 Å². The van der Waals surface area contributed by atoms with Crippen LogP contribution in [0.4, 0.5) is 0 Å². The fraction of sp³-hybridized carbons (Fsp3) is 0.364. The molecule has 8 heteroatoms. The van der Waals surface area contributed by atoms with Crippen LogP contribution in [0.5, 0.6) is 5.75 Å². The van der Waals surface area contributed by atoms with E-state index in [4.69, 9.17) is 9.94 Å². The lowest BCUT2D eigenvalue weighted by Gasteiger charge is -2.23. The Morgan fingerprint density at radius 1 is 1.47 bits per heavy atom. The van der Waals surface area contributed by atoms with E-state index in [1.54, 1.807) is 24.3 Å². The zero-order valence-corrected chi connectivity index (χ0v) is 11.6. The Morgan fingerprint density at radius 3 is 2.47 bits per heavy atom. The SMILES string of the molecule is COc1ccc(C(NCN(O)C=O)P(C)(=O)O)cc1. The average Bonchev–Trinajstić information content (AvgIpc) is 2.37. The van der Waals surface area contributed by atoms with Gasteiger partial charge >= 0.3 is 0 Å². The molecule has 0 saturated carbocycles. The highest BCUT2D eigenvalue weighted by molar-refractivity contribution is 7.57. The van der Waals surface area contributed by atoms with Crippen molar-refractivity contribution >= 4 is 13.8 Å². The second-order valence-corrected chi connectivity index (χ2v) is 6.43. The van der Waals surface area contributed by atoms with Gasteiger partial charge in [0.25, 0.3) is 0 Å². The molecule has 1 amide bonds. The van der Waals surface area contributed by atoms with Crippen LogP contribution >= 0.6 is 7.37 Å². The fourth-order valence-electron chi connectivity index (χ4n) is 1.57. The van der Waals surface area contributed by atoms with Crippen LogP contribution < -0.4 is 10.1 Å². The van der Waals surface area contributed by atoms with E-state index in [-0.39, 0.29) is 13.1 Å². The highest BCUT2D eigenvalue weighted by atomic mass is 31.2. The number of nitrogens with one attached hydrogen (secondary N) is 1. The lowest BCUT2D eigenvalue weighted by Crippen LogP contribution is -2.33. The third kappa shape index (κ3) is 4.65. The zero-order chi connectivity index (χ0) is 14.5. The number of nitrogens with zero attached hydrogens (tertiary/aromatic N) is 1. The Morgan fingerprint density at radius 2 is 2.05 bits per heavy atom. The molecule has 0 aliphatic heterocycles. The van der Waals surface area contributed by atoms with E-state index in [1.165, 1.54) is 13.8 Å². The molecule has 106 valence electrons. The molecule has 0 aliphatic rings. The van der Waals surface area contributed by atoms with E-state index in [9.17, 15) is 14.3 Å². The summed E-state index contributed by atoms with van der Waals surface area (Å²) >= 11 is 0. The molecule has 0 bridgehead atoms. The number of hydrogen-bond acceptors (Lipinski definition) is 5. The van der Waals surface area contributed by atoms with Crippen LogP contribution in [0.2, 0.25) is 0 Å². The summed E-state index contributed by atoms with van der Waals surface area (Å²) in [6.45, 7) is 0.954. The average molecular weight is 288 g/mol. The smallest absolute Gasteiger partial charge is 0.234 e. The molecule has 0 radical (unpaired) electrons. The van der Waals surface area contributed by atoms with Crippen molar-refractivity contribution in [2.24, 2.45) is 0 Å². The Bertz CT molecular complexity index is 459. The number of amides is 1. The summed E-state index contributed by atoms with van der Waals surface area (Å²) in [6, 6.07) is 6.61. The molecule has 19 heavy (non-hydrogen) atoms. The van der Waals surface area contributed by atoms with Crippen LogP contribution in [0.15, 0.2) is 24.3 Å². The molecule has 1 rings (SSSR count). The van der Waals surface area contributed by atoms with Crippen molar-refractivity contribution < 1.29 is 24.2 Å². The van der Waals surface area contributed by atoms with Gasteiger partial charge in [0.15, 0.2) is 0 Å². The molecule has 0 aliphatic carbocycles. The van der Waals surface area contributed by atoms with Crippen molar-refractivity contribution in [2.75, 3.05) is 20.4 Å². The first-order valence-electron chi connectivity index (χ1n) is 5.46. The lowest BCUT2D eigenvalue weighted by atomic mass is 10.2. The van der Waals surface area contributed by atoms with Gasteiger partial charge in [-0.3, -0.25) is 19.9 Å². The molecule has 0 aromatic heterocycles. The van der Waals surface area contributed by atoms with Crippen LogP contribution in [0.3, 0.4) is 0 Å². The number of ether oxygens (including phenoxy) is 1. The van der Waals surface area contributed by atoms with Crippen molar-refractivity contribution in [3.8, 4) is 5.75 Å². The maximum Gasteiger partial charge on any atom is 0.234 e. The van der Waals surface area contributed by atoms with Gasteiger partial charge < -0.3 is 9.63 Å². The van der Waals surface area contributed by atoms with E-state index >= 15 is 0 Å². The summed E-state index contributed by atoms with van der Waals surface area (Å²) in [5, 5.41) is 12.0. The second-order valence-electron chi connectivity index (χ2n) is 4.03. The quantitative estimate of drug-likeness (QED) is 0.227. The maximum atomic E-state index is 11.8. The van der Waals surface area contributed by atoms with Crippen molar-refractivity contribution in [1.29, 1.82) is 0 Å². The first-order chi connectivity index (χ1) is 8.88. The molecule has 0 saturated heterocycles. The molecule has 2 unspecified atom stereocenters. The zero-order valence-electron chi connectivity index (χ0n) is 10.7. The van der Waals surface area contributed by atoms with Crippen molar-refractivity contribution in [3.63, 3.8) is 0 Å². The van der Waals surface area contributed by atoms with E-state index in [0.717, 1.165) is 0 Å². The van der Waals surface area contributed by atoms with Gasteiger partial charge in [-0.15, -0.1) is 0 Å². The van der Waals surface area contributed by atoms with Crippen molar-refractivity contribution in [3.05, 3.63) is 29.8 Å². The van der Waals surface area contributed by atoms with Gasteiger partial charge in [-0.2, -0.15) is 0 Å². The molecule has 7 nitrogen and oxygen atoms in total. The van der Waals surface area contributed by atoms with Gasteiger partial charge in [-0.25, -0.2) is 5.06 Å².